The van der Waals surface area contributed by atoms with E-state index in [1.165, 1.54) is 12.3 Å². The van der Waals surface area contributed by atoms with E-state index in [4.69, 9.17) is 5.11 Å². The Morgan fingerprint density at radius 1 is 1.52 bits per heavy atom. The number of nitrogens with one attached hydrogen (secondary N) is 1. The van der Waals surface area contributed by atoms with Gasteiger partial charge in [-0.2, -0.15) is 0 Å². The lowest BCUT2D eigenvalue weighted by atomic mass is 9.97. The van der Waals surface area contributed by atoms with Crippen LogP contribution in [0.3, 0.4) is 0 Å². The Balaban J connectivity index is 1.97. The maximum Gasteiger partial charge on any atom is 0.335 e. The number of nitrogens with zero attached hydrogens (tertiary/aromatic N) is 2. The summed E-state index contributed by atoms with van der Waals surface area (Å²) in [6.45, 7) is 4.76. The molecule has 1 amide bonds. The van der Waals surface area contributed by atoms with E-state index < -0.39 is 5.97 Å². The predicted octanol–water partition coefficient (Wildman–Crippen LogP) is 1.13. The standard InChI is InChI=1S/C15H21N3O3/c1-2-16-14(19)12-4-3-7-18(9-12)10-13-8-11(15(20)21)5-6-17-13/h5-6,8,12H,2-4,7,9-10H2,1H3,(H,16,19)(H,20,21). The molecule has 6 heteroatoms. The first-order valence-corrected chi connectivity index (χ1v) is 7.28. The number of pyridine rings is 1. The Bertz CT molecular complexity index is 519. The van der Waals surface area contributed by atoms with Crippen molar-refractivity contribution >= 4 is 11.9 Å². The van der Waals surface area contributed by atoms with Crippen LogP contribution in [0, 0.1) is 5.92 Å². The van der Waals surface area contributed by atoms with Crippen molar-refractivity contribution in [2.75, 3.05) is 19.6 Å². The SMILES string of the molecule is CCNC(=O)C1CCCN(Cc2cc(C(=O)O)ccn2)C1. The Morgan fingerprint density at radius 2 is 2.33 bits per heavy atom. The van der Waals surface area contributed by atoms with Crippen molar-refractivity contribution in [3.8, 4) is 0 Å². The van der Waals surface area contributed by atoms with Crippen LogP contribution >= 0.6 is 0 Å². The van der Waals surface area contributed by atoms with Gasteiger partial charge in [-0.1, -0.05) is 0 Å². The average Bonchev–Trinajstić information content (AvgIpc) is 2.48. The van der Waals surface area contributed by atoms with Crippen LogP contribution in [0.1, 0.15) is 35.8 Å². The smallest absolute Gasteiger partial charge is 0.335 e. The van der Waals surface area contributed by atoms with Gasteiger partial charge in [0.1, 0.15) is 0 Å². The fraction of sp³-hybridized carbons (Fsp3) is 0.533. The molecule has 2 rings (SSSR count). The van der Waals surface area contributed by atoms with Gasteiger partial charge < -0.3 is 10.4 Å². The summed E-state index contributed by atoms with van der Waals surface area (Å²) in [5.41, 5.74) is 0.976. The van der Waals surface area contributed by atoms with Gasteiger partial charge in [-0.15, -0.1) is 0 Å². The minimum atomic E-state index is -0.947. The fourth-order valence-electron chi connectivity index (χ4n) is 2.66. The number of carboxylic acid groups (broad SMARTS) is 1. The molecule has 0 bridgehead atoms. The number of hydrogen-bond donors (Lipinski definition) is 2. The first-order valence-electron chi connectivity index (χ1n) is 7.28. The summed E-state index contributed by atoms with van der Waals surface area (Å²) < 4.78 is 0. The molecule has 0 radical (unpaired) electrons. The zero-order valence-electron chi connectivity index (χ0n) is 12.2. The van der Waals surface area contributed by atoms with E-state index in [2.05, 4.69) is 15.2 Å². The third kappa shape index (κ3) is 4.26. The third-order valence-corrected chi connectivity index (χ3v) is 3.68. The second kappa shape index (κ2) is 7.17. The molecular formula is C15H21N3O3. The van der Waals surface area contributed by atoms with E-state index >= 15 is 0 Å². The summed E-state index contributed by atoms with van der Waals surface area (Å²) in [5.74, 6) is -0.826. The quantitative estimate of drug-likeness (QED) is 0.849. The van der Waals surface area contributed by atoms with Gasteiger partial charge in [-0.3, -0.25) is 14.7 Å². The van der Waals surface area contributed by atoms with E-state index in [-0.39, 0.29) is 17.4 Å². The number of piperidine rings is 1. The van der Waals surface area contributed by atoms with Gasteiger partial charge in [0, 0.05) is 25.8 Å². The van der Waals surface area contributed by atoms with Crippen LogP contribution in [0.25, 0.3) is 0 Å². The van der Waals surface area contributed by atoms with Crippen molar-refractivity contribution in [2.24, 2.45) is 5.92 Å². The molecule has 1 unspecified atom stereocenters. The van der Waals surface area contributed by atoms with Gasteiger partial charge >= 0.3 is 5.97 Å². The highest BCUT2D eigenvalue weighted by molar-refractivity contribution is 5.87. The van der Waals surface area contributed by atoms with Crippen LogP contribution in [-0.4, -0.2) is 46.5 Å². The Hall–Kier alpha value is -1.95. The van der Waals surface area contributed by atoms with Gasteiger partial charge in [0.25, 0.3) is 0 Å². The molecule has 1 aromatic rings. The molecule has 1 aliphatic heterocycles. The Morgan fingerprint density at radius 3 is 3.05 bits per heavy atom. The molecule has 1 fully saturated rings. The molecule has 1 aliphatic rings. The molecule has 0 saturated carbocycles. The van der Waals surface area contributed by atoms with Crippen LogP contribution in [0.2, 0.25) is 0 Å². The Kier molecular flexibility index (Phi) is 5.27. The van der Waals surface area contributed by atoms with Crippen LogP contribution < -0.4 is 5.32 Å². The van der Waals surface area contributed by atoms with Crippen molar-refractivity contribution in [1.29, 1.82) is 0 Å². The summed E-state index contributed by atoms with van der Waals surface area (Å²) in [7, 11) is 0. The molecule has 21 heavy (non-hydrogen) atoms. The summed E-state index contributed by atoms with van der Waals surface area (Å²) >= 11 is 0. The molecule has 0 aliphatic carbocycles. The number of aromatic carboxylic acids is 1. The number of aromatic nitrogens is 1. The molecule has 2 heterocycles. The second-order valence-corrected chi connectivity index (χ2v) is 5.31. The highest BCUT2D eigenvalue weighted by atomic mass is 16.4. The fourth-order valence-corrected chi connectivity index (χ4v) is 2.66. The lowest BCUT2D eigenvalue weighted by Gasteiger charge is -2.31. The number of hydrogen-bond acceptors (Lipinski definition) is 4. The van der Waals surface area contributed by atoms with E-state index in [9.17, 15) is 9.59 Å². The number of likely N-dealkylation sites (tertiary alicyclic amines) is 1. The van der Waals surface area contributed by atoms with E-state index in [0.717, 1.165) is 25.1 Å². The molecule has 1 atom stereocenters. The van der Waals surface area contributed by atoms with Crippen molar-refractivity contribution in [1.82, 2.24) is 15.2 Å². The topological polar surface area (TPSA) is 82.5 Å². The van der Waals surface area contributed by atoms with E-state index in [0.29, 0.717) is 19.6 Å². The molecule has 6 nitrogen and oxygen atoms in total. The minimum absolute atomic E-state index is 0.0151. The van der Waals surface area contributed by atoms with Crippen molar-refractivity contribution < 1.29 is 14.7 Å². The van der Waals surface area contributed by atoms with Crippen LogP contribution in [0.15, 0.2) is 18.3 Å². The summed E-state index contributed by atoms with van der Waals surface area (Å²) in [4.78, 5) is 29.3. The highest BCUT2D eigenvalue weighted by Gasteiger charge is 2.25. The molecule has 114 valence electrons. The van der Waals surface area contributed by atoms with Crippen molar-refractivity contribution in [3.05, 3.63) is 29.6 Å². The third-order valence-electron chi connectivity index (χ3n) is 3.68. The summed E-state index contributed by atoms with van der Waals surface area (Å²) in [6, 6.07) is 3.08. The zero-order valence-corrected chi connectivity index (χ0v) is 12.2. The molecule has 1 saturated heterocycles. The molecule has 2 N–H and O–H groups in total. The van der Waals surface area contributed by atoms with Crippen LogP contribution in [0.4, 0.5) is 0 Å². The molecule has 0 aromatic carbocycles. The van der Waals surface area contributed by atoms with Gasteiger partial charge in [0.2, 0.25) is 5.91 Å². The van der Waals surface area contributed by atoms with Gasteiger partial charge in [0.15, 0.2) is 0 Å². The minimum Gasteiger partial charge on any atom is -0.478 e. The van der Waals surface area contributed by atoms with E-state index in [1.807, 2.05) is 6.92 Å². The van der Waals surface area contributed by atoms with Crippen molar-refractivity contribution in [3.63, 3.8) is 0 Å². The largest absolute Gasteiger partial charge is 0.478 e. The predicted molar refractivity (Wildman–Crippen MR) is 77.9 cm³/mol. The summed E-state index contributed by atoms with van der Waals surface area (Å²) in [6.07, 6.45) is 3.40. The summed E-state index contributed by atoms with van der Waals surface area (Å²) in [5, 5.41) is 11.9. The monoisotopic (exact) mass is 291 g/mol. The lowest BCUT2D eigenvalue weighted by molar-refractivity contribution is -0.126. The maximum absolute atomic E-state index is 11.9. The van der Waals surface area contributed by atoms with E-state index in [1.54, 1.807) is 6.07 Å². The van der Waals surface area contributed by atoms with Crippen LogP contribution in [-0.2, 0) is 11.3 Å². The van der Waals surface area contributed by atoms with Crippen molar-refractivity contribution in [2.45, 2.75) is 26.3 Å². The highest BCUT2D eigenvalue weighted by Crippen LogP contribution is 2.18. The average molecular weight is 291 g/mol. The number of carboxylic acids is 1. The number of carbonyl (C=O) groups excluding carboxylic acids is 1. The maximum atomic E-state index is 11.9. The number of carbonyl (C=O) groups is 2. The van der Waals surface area contributed by atoms with Gasteiger partial charge in [-0.25, -0.2) is 4.79 Å². The van der Waals surface area contributed by atoms with Gasteiger partial charge in [-0.05, 0) is 38.4 Å². The first kappa shape index (κ1) is 15.4. The number of amides is 1. The van der Waals surface area contributed by atoms with Gasteiger partial charge in [0.05, 0.1) is 17.2 Å². The lowest BCUT2D eigenvalue weighted by Crippen LogP contribution is -2.42. The Labute approximate surface area is 124 Å². The first-order chi connectivity index (χ1) is 10.1. The number of rotatable bonds is 5. The second-order valence-electron chi connectivity index (χ2n) is 5.31. The zero-order chi connectivity index (χ0) is 15.2. The molecule has 1 aromatic heterocycles. The van der Waals surface area contributed by atoms with Crippen LogP contribution in [0.5, 0.6) is 0 Å². The normalized spacial score (nSPS) is 19.2. The molecule has 0 spiro atoms. The molecular weight excluding hydrogens is 270 g/mol.